The van der Waals surface area contributed by atoms with Gasteiger partial charge in [-0.15, -0.1) is 11.3 Å². The van der Waals surface area contributed by atoms with Crippen LogP contribution < -0.4 is 11.1 Å². The topological polar surface area (TPSA) is 55.1 Å². The van der Waals surface area contributed by atoms with Crippen LogP contribution in [0.1, 0.15) is 58.6 Å². The number of fused-ring (bicyclic) bond motifs is 3. The quantitative estimate of drug-likeness (QED) is 0.882. The molecule has 2 fully saturated rings. The molecule has 1 aromatic heterocycles. The van der Waals surface area contributed by atoms with Gasteiger partial charge in [-0.1, -0.05) is 6.42 Å². The zero-order valence-electron chi connectivity index (χ0n) is 12.4. The van der Waals surface area contributed by atoms with Crippen molar-refractivity contribution in [2.45, 2.75) is 63.5 Å². The highest BCUT2D eigenvalue weighted by Crippen LogP contribution is 2.40. The van der Waals surface area contributed by atoms with Gasteiger partial charge >= 0.3 is 0 Å². The van der Waals surface area contributed by atoms with Gasteiger partial charge in [0.1, 0.15) is 0 Å². The van der Waals surface area contributed by atoms with Crippen LogP contribution in [0, 0.1) is 11.8 Å². The molecule has 0 aromatic carbocycles. The molecule has 114 valence electrons. The number of hydrogen-bond acceptors (Lipinski definition) is 3. The first kappa shape index (κ1) is 13.8. The van der Waals surface area contributed by atoms with E-state index in [1.165, 1.54) is 36.1 Å². The van der Waals surface area contributed by atoms with Crippen molar-refractivity contribution in [3.63, 3.8) is 0 Å². The molecule has 3 aliphatic rings. The molecule has 2 bridgehead atoms. The second-order valence-electron chi connectivity index (χ2n) is 7.09. The Kier molecular flexibility index (Phi) is 3.54. The Morgan fingerprint density at radius 3 is 2.67 bits per heavy atom. The number of hydrogen-bond donors (Lipinski definition) is 2. The van der Waals surface area contributed by atoms with E-state index in [1.54, 1.807) is 11.3 Å². The fourth-order valence-electron chi connectivity index (χ4n) is 4.69. The first-order valence-corrected chi connectivity index (χ1v) is 9.20. The smallest absolute Gasteiger partial charge is 0.261 e. The zero-order chi connectivity index (χ0) is 14.4. The van der Waals surface area contributed by atoms with Gasteiger partial charge in [-0.3, -0.25) is 4.79 Å². The molecule has 1 amide bonds. The standard InChI is InChI=1S/C17H24N2OS/c18-13-7-11-4-1-5-12(8-13)16(11)19-17(20)15-9-10-3-2-6-14(10)21-15/h9,11-13,16H,1-8,18H2,(H,19,20). The first-order chi connectivity index (χ1) is 10.2. The lowest BCUT2D eigenvalue weighted by atomic mass is 9.67. The molecule has 2 saturated carbocycles. The second-order valence-corrected chi connectivity index (χ2v) is 8.23. The summed E-state index contributed by atoms with van der Waals surface area (Å²) in [5.41, 5.74) is 7.58. The molecule has 4 heteroatoms. The molecule has 4 rings (SSSR count). The minimum atomic E-state index is 0.159. The number of nitrogens with two attached hydrogens (primary N) is 1. The van der Waals surface area contributed by atoms with Crippen LogP contribution in [0.15, 0.2) is 6.07 Å². The number of aryl methyl sites for hydroxylation is 2. The predicted octanol–water partition coefficient (Wildman–Crippen LogP) is 2.87. The van der Waals surface area contributed by atoms with E-state index in [1.807, 2.05) is 0 Å². The molecule has 3 nitrogen and oxygen atoms in total. The van der Waals surface area contributed by atoms with Gasteiger partial charge in [-0.25, -0.2) is 0 Å². The van der Waals surface area contributed by atoms with Crippen molar-refractivity contribution in [3.05, 3.63) is 21.4 Å². The molecule has 1 aromatic rings. The Hall–Kier alpha value is -0.870. The van der Waals surface area contributed by atoms with Crippen LogP contribution in [0.5, 0.6) is 0 Å². The average molecular weight is 304 g/mol. The third-order valence-corrected chi connectivity index (χ3v) is 6.88. The second kappa shape index (κ2) is 5.40. The highest BCUT2D eigenvalue weighted by atomic mass is 32.1. The molecule has 0 radical (unpaired) electrons. The van der Waals surface area contributed by atoms with E-state index in [9.17, 15) is 4.79 Å². The normalized spacial score (nSPS) is 34.5. The number of carbonyl (C=O) groups is 1. The number of amides is 1. The fourth-order valence-corrected chi connectivity index (χ4v) is 5.85. The molecule has 2 atom stereocenters. The lowest BCUT2D eigenvalue weighted by molar-refractivity contribution is 0.0759. The Bertz CT molecular complexity index is 517. The van der Waals surface area contributed by atoms with E-state index in [4.69, 9.17) is 5.73 Å². The highest BCUT2D eigenvalue weighted by molar-refractivity contribution is 7.14. The highest BCUT2D eigenvalue weighted by Gasteiger charge is 2.40. The van der Waals surface area contributed by atoms with Crippen molar-refractivity contribution in [1.29, 1.82) is 0 Å². The number of nitrogens with one attached hydrogen (secondary N) is 1. The molecule has 0 spiro atoms. The van der Waals surface area contributed by atoms with Gasteiger partial charge in [0, 0.05) is 17.0 Å². The van der Waals surface area contributed by atoms with Crippen LogP contribution >= 0.6 is 11.3 Å². The summed E-state index contributed by atoms with van der Waals surface area (Å²) in [5.74, 6) is 1.36. The number of thiophene rings is 1. The Balaban J connectivity index is 1.48. The zero-order valence-corrected chi connectivity index (χ0v) is 13.3. The van der Waals surface area contributed by atoms with Crippen LogP contribution in [-0.4, -0.2) is 18.0 Å². The van der Waals surface area contributed by atoms with Crippen molar-refractivity contribution < 1.29 is 4.79 Å². The molecule has 3 N–H and O–H groups in total. The summed E-state index contributed by atoms with van der Waals surface area (Å²) in [5, 5.41) is 3.36. The average Bonchev–Trinajstić information content (AvgIpc) is 3.00. The summed E-state index contributed by atoms with van der Waals surface area (Å²) < 4.78 is 0. The van der Waals surface area contributed by atoms with Gasteiger partial charge in [-0.2, -0.15) is 0 Å². The summed E-state index contributed by atoms with van der Waals surface area (Å²) in [6.07, 6.45) is 9.52. The molecule has 21 heavy (non-hydrogen) atoms. The van der Waals surface area contributed by atoms with Gasteiger partial charge in [-0.05, 0) is 68.4 Å². The number of carbonyl (C=O) groups excluding carboxylic acids is 1. The monoisotopic (exact) mass is 304 g/mol. The maximum Gasteiger partial charge on any atom is 0.261 e. The fraction of sp³-hybridized carbons (Fsp3) is 0.706. The van der Waals surface area contributed by atoms with Gasteiger partial charge in [0.15, 0.2) is 0 Å². The van der Waals surface area contributed by atoms with E-state index in [-0.39, 0.29) is 5.91 Å². The molecular weight excluding hydrogens is 280 g/mol. The van der Waals surface area contributed by atoms with E-state index >= 15 is 0 Å². The van der Waals surface area contributed by atoms with Gasteiger partial charge in [0.25, 0.3) is 5.91 Å². The van der Waals surface area contributed by atoms with E-state index in [2.05, 4.69) is 11.4 Å². The van der Waals surface area contributed by atoms with Crippen LogP contribution in [0.4, 0.5) is 0 Å². The third kappa shape index (κ3) is 2.53. The van der Waals surface area contributed by atoms with Crippen LogP contribution in [0.3, 0.4) is 0 Å². The lowest BCUT2D eigenvalue weighted by Gasteiger charge is -2.45. The molecular formula is C17H24N2OS. The molecule has 0 saturated heterocycles. The summed E-state index contributed by atoms with van der Waals surface area (Å²) in [6, 6.07) is 2.84. The maximum atomic E-state index is 12.6. The maximum absolute atomic E-state index is 12.6. The largest absolute Gasteiger partial charge is 0.348 e. The lowest BCUT2D eigenvalue weighted by Crippen LogP contribution is -2.53. The summed E-state index contributed by atoms with van der Waals surface area (Å²) in [4.78, 5) is 15.0. The van der Waals surface area contributed by atoms with Crippen molar-refractivity contribution in [2.24, 2.45) is 17.6 Å². The first-order valence-electron chi connectivity index (χ1n) is 8.38. The summed E-state index contributed by atoms with van der Waals surface area (Å²) in [7, 11) is 0. The van der Waals surface area contributed by atoms with Gasteiger partial charge in [0.05, 0.1) is 4.88 Å². The minimum absolute atomic E-state index is 0.159. The molecule has 2 unspecified atom stereocenters. The summed E-state index contributed by atoms with van der Waals surface area (Å²) >= 11 is 1.71. The molecule has 0 aliphatic heterocycles. The van der Waals surface area contributed by atoms with E-state index < -0.39 is 0 Å². The van der Waals surface area contributed by atoms with Gasteiger partial charge in [0.2, 0.25) is 0 Å². The van der Waals surface area contributed by atoms with E-state index in [0.29, 0.717) is 23.9 Å². The van der Waals surface area contributed by atoms with Crippen LogP contribution in [0.25, 0.3) is 0 Å². The van der Waals surface area contributed by atoms with E-state index in [0.717, 1.165) is 30.6 Å². The summed E-state index contributed by atoms with van der Waals surface area (Å²) in [6.45, 7) is 0. The number of rotatable bonds is 2. The van der Waals surface area contributed by atoms with Crippen molar-refractivity contribution in [3.8, 4) is 0 Å². The van der Waals surface area contributed by atoms with Crippen LogP contribution in [-0.2, 0) is 12.8 Å². The SMILES string of the molecule is NC1CC2CCCC(C1)C2NC(=O)c1cc2c(s1)CCC2. The molecule has 1 heterocycles. The Labute approximate surface area is 130 Å². The third-order valence-electron chi connectivity index (χ3n) is 5.64. The van der Waals surface area contributed by atoms with Crippen molar-refractivity contribution >= 4 is 17.2 Å². The van der Waals surface area contributed by atoms with Crippen molar-refractivity contribution in [1.82, 2.24) is 5.32 Å². The van der Waals surface area contributed by atoms with Crippen molar-refractivity contribution in [2.75, 3.05) is 0 Å². The Morgan fingerprint density at radius 2 is 1.95 bits per heavy atom. The van der Waals surface area contributed by atoms with Crippen LogP contribution in [0.2, 0.25) is 0 Å². The minimum Gasteiger partial charge on any atom is -0.348 e. The Morgan fingerprint density at radius 1 is 1.19 bits per heavy atom. The molecule has 3 aliphatic carbocycles. The van der Waals surface area contributed by atoms with Gasteiger partial charge < -0.3 is 11.1 Å². The predicted molar refractivity (Wildman–Crippen MR) is 85.6 cm³/mol.